The molecule has 4 N–H and O–H groups in total. The van der Waals surface area contributed by atoms with Crippen molar-refractivity contribution in [2.45, 2.75) is 32.7 Å². The maximum Gasteiger partial charge on any atom is 0.251 e. The van der Waals surface area contributed by atoms with E-state index in [1.165, 1.54) is 0 Å². The van der Waals surface area contributed by atoms with Crippen LogP contribution in [0.5, 0.6) is 11.5 Å². The number of guanidine groups is 1. The Balaban J connectivity index is 1.79. The van der Waals surface area contributed by atoms with Gasteiger partial charge in [0.25, 0.3) is 5.91 Å². The van der Waals surface area contributed by atoms with Crippen LogP contribution in [-0.4, -0.2) is 39.2 Å². The van der Waals surface area contributed by atoms with Gasteiger partial charge in [-0.3, -0.25) is 4.79 Å². The number of ether oxygens (including phenoxy) is 2. The number of carbonyl (C=O) groups is 1. The summed E-state index contributed by atoms with van der Waals surface area (Å²) >= 11 is 0. The summed E-state index contributed by atoms with van der Waals surface area (Å²) in [6, 6.07) is 13.3. The first-order valence-corrected chi connectivity index (χ1v) is 10.2. The van der Waals surface area contributed by atoms with Gasteiger partial charge in [0.15, 0.2) is 17.5 Å². The van der Waals surface area contributed by atoms with Gasteiger partial charge in [-0.05, 0) is 48.2 Å². The van der Waals surface area contributed by atoms with Crippen molar-refractivity contribution in [2.75, 3.05) is 27.3 Å². The number of benzene rings is 2. The van der Waals surface area contributed by atoms with Gasteiger partial charge < -0.3 is 25.8 Å². The van der Waals surface area contributed by atoms with E-state index in [0.29, 0.717) is 42.7 Å². The average molecular weight is 413 g/mol. The fourth-order valence-electron chi connectivity index (χ4n) is 2.85. The van der Waals surface area contributed by atoms with Crippen molar-refractivity contribution in [1.29, 1.82) is 0 Å². The van der Waals surface area contributed by atoms with Crippen molar-refractivity contribution in [3.05, 3.63) is 59.2 Å². The van der Waals surface area contributed by atoms with Gasteiger partial charge in [0.05, 0.1) is 20.8 Å². The summed E-state index contributed by atoms with van der Waals surface area (Å²) < 4.78 is 10.6. The molecule has 0 aliphatic carbocycles. The number of rotatable bonds is 11. The van der Waals surface area contributed by atoms with Crippen LogP contribution in [0.2, 0.25) is 0 Å². The smallest absolute Gasteiger partial charge is 0.251 e. The van der Waals surface area contributed by atoms with E-state index in [1.54, 1.807) is 14.2 Å². The van der Waals surface area contributed by atoms with E-state index in [-0.39, 0.29) is 5.91 Å². The minimum Gasteiger partial charge on any atom is -0.493 e. The monoisotopic (exact) mass is 412 g/mol. The quantitative estimate of drug-likeness (QED) is 0.299. The summed E-state index contributed by atoms with van der Waals surface area (Å²) in [5, 5.41) is 6.03. The molecule has 0 heterocycles. The molecule has 0 aromatic heterocycles. The van der Waals surface area contributed by atoms with Gasteiger partial charge in [0, 0.05) is 18.7 Å². The first-order valence-electron chi connectivity index (χ1n) is 10.2. The molecule has 0 aliphatic heterocycles. The molecule has 0 aliphatic rings. The fraction of sp³-hybridized carbons (Fsp3) is 0.391. The number of nitrogens with two attached hydrogens (primary N) is 1. The molecule has 7 heteroatoms. The zero-order chi connectivity index (χ0) is 21.8. The molecule has 0 saturated carbocycles. The second kappa shape index (κ2) is 12.4. The van der Waals surface area contributed by atoms with Crippen LogP contribution in [0, 0.1) is 0 Å². The molecule has 0 saturated heterocycles. The molecule has 0 atom stereocenters. The second-order valence-electron chi connectivity index (χ2n) is 6.87. The lowest BCUT2D eigenvalue weighted by molar-refractivity contribution is 0.0953. The number of nitrogens with zero attached hydrogens (tertiary/aromatic N) is 1. The number of aliphatic imine (C=N–C) groups is 1. The number of nitrogens with one attached hydrogen (secondary N) is 2. The third-order valence-corrected chi connectivity index (χ3v) is 4.63. The first kappa shape index (κ1) is 23.1. The molecule has 0 fully saturated rings. The van der Waals surface area contributed by atoms with Crippen molar-refractivity contribution in [3.8, 4) is 11.5 Å². The predicted octanol–water partition coefficient (Wildman–Crippen LogP) is 2.88. The highest BCUT2D eigenvalue weighted by Gasteiger charge is 2.05. The van der Waals surface area contributed by atoms with Crippen molar-refractivity contribution >= 4 is 11.9 Å². The summed E-state index contributed by atoms with van der Waals surface area (Å²) in [5.41, 5.74) is 8.72. The second-order valence-corrected chi connectivity index (χ2v) is 6.87. The lowest BCUT2D eigenvalue weighted by atomic mass is 10.1. The first-order chi connectivity index (χ1) is 14.6. The minimum atomic E-state index is -0.0464. The Morgan fingerprint density at radius 2 is 1.67 bits per heavy atom. The molecule has 0 radical (unpaired) electrons. The van der Waals surface area contributed by atoms with E-state index < -0.39 is 0 Å². The number of amides is 1. The number of unbranched alkanes of at least 4 members (excludes halogenated alkanes) is 1. The maximum atomic E-state index is 12.0. The van der Waals surface area contributed by atoms with E-state index in [0.717, 1.165) is 30.4 Å². The molecule has 2 rings (SSSR count). The van der Waals surface area contributed by atoms with Crippen molar-refractivity contribution < 1.29 is 14.3 Å². The summed E-state index contributed by atoms with van der Waals surface area (Å²) in [5.74, 6) is 1.76. The Morgan fingerprint density at radius 1 is 0.967 bits per heavy atom. The van der Waals surface area contributed by atoms with Crippen molar-refractivity contribution in [2.24, 2.45) is 10.7 Å². The molecule has 0 unspecified atom stereocenters. The van der Waals surface area contributed by atoms with E-state index in [9.17, 15) is 4.79 Å². The predicted molar refractivity (Wildman–Crippen MR) is 120 cm³/mol. The molecule has 7 nitrogen and oxygen atoms in total. The Kier molecular flexibility index (Phi) is 9.51. The number of hydrogen-bond donors (Lipinski definition) is 3. The molecule has 162 valence electrons. The van der Waals surface area contributed by atoms with E-state index in [4.69, 9.17) is 15.2 Å². The summed E-state index contributed by atoms with van der Waals surface area (Å²) in [6.07, 6.45) is 2.82. The van der Waals surface area contributed by atoms with Crippen molar-refractivity contribution in [3.63, 3.8) is 0 Å². The molecule has 30 heavy (non-hydrogen) atoms. The third-order valence-electron chi connectivity index (χ3n) is 4.63. The van der Waals surface area contributed by atoms with Gasteiger partial charge in [-0.1, -0.05) is 31.5 Å². The topological polar surface area (TPSA) is 98.0 Å². The van der Waals surface area contributed by atoms with Crippen LogP contribution in [0.15, 0.2) is 47.5 Å². The van der Waals surface area contributed by atoms with Crippen molar-refractivity contribution in [1.82, 2.24) is 10.6 Å². The lowest BCUT2D eigenvalue weighted by Gasteiger charge is -2.10. The maximum absolute atomic E-state index is 12.0. The molecule has 1 amide bonds. The molecule has 0 bridgehead atoms. The van der Waals surface area contributed by atoms with Crippen LogP contribution in [0.25, 0.3) is 0 Å². The van der Waals surface area contributed by atoms with Gasteiger partial charge in [-0.25, -0.2) is 4.99 Å². The number of hydrogen-bond acceptors (Lipinski definition) is 4. The Hall–Kier alpha value is -3.22. The largest absolute Gasteiger partial charge is 0.493 e. The number of methoxy groups -OCH3 is 2. The van der Waals surface area contributed by atoms with Gasteiger partial charge in [-0.2, -0.15) is 0 Å². The van der Waals surface area contributed by atoms with Crippen LogP contribution in [0.1, 0.15) is 41.3 Å². The highest BCUT2D eigenvalue weighted by atomic mass is 16.5. The zero-order valence-electron chi connectivity index (χ0n) is 18.0. The third kappa shape index (κ3) is 7.31. The number of carbonyl (C=O) groups excluding carboxylic acids is 1. The Bertz CT molecular complexity index is 835. The van der Waals surface area contributed by atoms with E-state index in [2.05, 4.69) is 22.5 Å². The van der Waals surface area contributed by atoms with Gasteiger partial charge >= 0.3 is 0 Å². The van der Waals surface area contributed by atoms with Crippen LogP contribution < -0.4 is 25.8 Å². The van der Waals surface area contributed by atoms with Crippen LogP contribution in [-0.2, 0) is 13.0 Å². The SMILES string of the molecule is CCCCNC(=O)c1ccc(CN=C(N)NCCc2ccc(OC)c(OC)c2)cc1. The highest BCUT2D eigenvalue weighted by molar-refractivity contribution is 5.94. The molecular formula is C23H32N4O3. The molecule has 2 aromatic rings. The molecular weight excluding hydrogens is 380 g/mol. The minimum absolute atomic E-state index is 0.0464. The van der Waals surface area contributed by atoms with Gasteiger partial charge in [0.2, 0.25) is 0 Å². The fourth-order valence-corrected chi connectivity index (χ4v) is 2.85. The standard InChI is InChI=1S/C23H32N4O3/c1-4-5-13-25-22(28)19-9-6-18(7-10-19)16-27-23(24)26-14-12-17-8-11-20(29-2)21(15-17)30-3/h6-11,15H,4-5,12-14,16H2,1-3H3,(H,25,28)(H3,24,26,27). The van der Waals surface area contributed by atoms with Gasteiger partial charge in [0.1, 0.15) is 0 Å². The Labute approximate surface area is 178 Å². The van der Waals surface area contributed by atoms with Crippen LogP contribution in [0.3, 0.4) is 0 Å². The molecule has 2 aromatic carbocycles. The van der Waals surface area contributed by atoms with E-state index >= 15 is 0 Å². The summed E-state index contributed by atoms with van der Waals surface area (Å²) in [7, 11) is 3.24. The van der Waals surface area contributed by atoms with E-state index in [1.807, 2.05) is 42.5 Å². The van der Waals surface area contributed by atoms with Crippen LogP contribution >= 0.6 is 0 Å². The summed E-state index contributed by atoms with van der Waals surface area (Å²) in [4.78, 5) is 16.4. The molecule has 0 spiro atoms. The summed E-state index contributed by atoms with van der Waals surface area (Å²) in [6.45, 7) is 3.90. The highest BCUT2D eigenvalue weighted by Crippen LogP contribution is 2.27. The average Bonchev–Trinajstić information content (AvgIpc) is 2.78. The normalized spacial score (nSPS) is 11.1. The lowest BCUT2D eigenvalue weighted by Crippen LogP contribution is -2.33. The van der Waals surface area contributed by atoms with Gasteiger partial charge in [-0.15, -0.1) is 0 Å². The van der Waals surface area contributed by atoms with Crippen LogP contribution in [0.4, 0.5) is 0 Å². The Morgan fingerprint density at radius 3 is 2.33 bits per heavy atom. The zero-order valence-corrected chi connectivity index (χ0v) is 18.0.